The van der Waals surface area contributed by atoms with Crippen LogP contribution in [0.4, 0.5) is 0 Å². The zero-order valence-corrected chi connectivity index (χ0v) is 14.7. The second kappa shape index (κ2) is 11.8. The van der Waals surface area contributed by atoms with Crippen LogP contribution in [0.25, 0.3) is 0 Å². The van der Waals surface area contributed by atoms with E-state index < -0.39 is 0 Å². The number of hydrogen-bond donors (Lipinski definition) is 0. The summed E-state index contributed by atoms with van der Waals surface area (Å²) in [4.78, 5) is 11.3. The molecule has 0 spiro atoms. The standard InChI is InChI=1S/C20H30O3/c1-4-6-7-8-9-10-11-20(22-16-5-2)23-19-14-12-18(13-15-19)17(3)21/h5,12-16,20H,4,6-11H2,1-3H3/b16-5-. The van der Waals surface area contributed by atoms with E-state index in [1.807, 2.05) is 25.1 Å². The molecule has 1 rings (SSSR count). The van der Waals surface area contributed by atoms with Gasteiger partial charge in [-0.2, -0.15) is 0 Å². The molecule has 0 fully saturated rings. The molecule has 3 nitrogen and oxygen atoms in total. The van der Waals surface area contributed by atoms with E-state index in [-0.39, 0.29) is 12.1 Å². The molecule has 0 aliphatic rings. The van der Waals surface area contributed by atoms with Crippen LogP contribution in [0.2, 0.25) is 0 Å². The van der Waals surface area contributed by atoms with Crippen molar-refractivity contribution < 1.29 is 14.3 Å². The van der Waals surface area contributed by atoms with Gasteiger partial charge in [-0.1, -0.05) is 45.1 Å². The molecule has 0 aliphatic carbocycles. The predicted octanol–water partition coefficient (Wildman–Crippen LogP) is 5.89. The van der Waals surface area contributed by atoms with E-state index in [1.165, 1.54) is 32.1 Å². The van der Waals surface area contributed by atoms with Crippen molar-refractivity contribution in [3.63, 3.8) is 0 Å². The van der Waals surface area contributed by atoms with Gasteiger partial charge < -0.3 is 9.47 Å². The van der Waals surface area contributed by atoms with Crippen LogP contribution in [0, 0.1) is 0 Å². The Bertz CT molecular complexity index is 462. The Balaban J connectivity index is 2.45. The number of carbonyl (C=O) groups is 1. The molecule has 1 unspecified atom stereocenters. The highest BCUT2D eigenvalue weighted by molar-refractivity contribution is 5.94. The zero-order chi connectivity index (χ0) is 16.9. The first kappa shape index (κ1) is 19.3. The average Bonchev–Trinajstić information content (AvgIpc) is 2.56. The fourth-order valence-corrected chi connectivity index (χ4v) is 2.33. The third kappa shape index (κ3) is 8.44. The topological polar surface area (TPSA) is 35.5 Å². The summed E-state index contributed by atoms with van der Waals surface area (Å²) in [5.41, 5.74) is 0.694. The van der Waals surface area contributed by atoms with Crippen LogP contribution in [-0.2, 0) is 4.74 Å². The minimum atomic E-state index is -0.277. The lowest BCUT2D eigenvalue weighted by atomic mass is 10.1. The number of unbranched alkanes of at least 4 members (excludes halogenated alkanes) is 5. The van der Waals surface area contributed by atoms with Crippen molar-refractivity contribution in [2.75, 3.05) is 0 Å². The van der Waals surface area contributed by atoms with Crippen LogP contribution in [-0.4, -0.2) is 12.1 Å². The van der Waals surface area contributed by atoms with E-state index in [9.17, 15) is 4.79 Å². The molecule has 0 aromatic heterocycles. The van der Waals surface area contributed by atoms with Crippen molar-refractivity contribution in [2.24, 2.45) is 0 Å². The molecule has 1 aromatic carbocycles. The average molecular weight is 318 g/mol. The summed E-state index contributed by atoms with van der Waals surface area (Å²) in [7, 11) is 0. The van der Waals surface area contributed by atoms with Crippen LogP contribution in [0.15, 0.2) is 36.6 Å². The normalized spacial score (nSPS) is 12.3. The summed E-state index contributed by atoms with van der Waals surface area (Å²) >= 11 is 0. The molecule has 1 aromatic rings. The van der Waals surface area contributed by atoms with Gasteiger partial charge >= 0.3 is 0 Å². The smallest absolute Gasteiger partial charge is 0.240 e. The van der Waals surface area contributed by atoms with Crippen LogP contribution < -0.4 is 4.74 Å². The maximum atomic E-state index is 11.3. The van der Waals surface area contributed by atoms with Crippen molar-refractivity contribution in [3.05, 3.63) is 42.2 Å². The van der Waals surface area contributed by atoms with Crippen molar-refractivity contribution in [2.45, 2.75) is 72.0 Å². The van der Waals surface area contributed by atoms with E-state index in [4.69, 9.17) is 9.47 Å². The summed E-state index contributed by atoms with van der Waals surface area (Å²) < 4.78 is 11.5. The van der Waals surface area contributed by atoms with Crippen molar-refractivity contribution >= 4 is 5.78 Å². The largest absolute Gasteiger partial charge is 0.463 e. The molecular formula is C20H30O3. The Morgan fingerprint density at radius 2 is 1.74 bits per heavy atom. The van der Waals surface area contributed by atoms with Crippen molar-refractivity contribution in [1.29, 1.82) is 0 Å². The monoisotopic (exact) mass is 318 g/mol. The number of rotatable bonds is 12. The highest BCUT2D eigenvalue weighted by atomic mass is 16.7. The van der Waals surface area contributed by atoms with Gasteiger partial charge in [-0.25, -0.2) is 0 Å². The van der Waals surface area contributed by atoms with Gasteiger partial charge in [0.15, 0.2) is 5.78 Å². The zero-order valence-electron chi connectivity index (χ0n) is 14.7. The molecule has 0 radical (unpaired) electrons. The Kier molecular flexibility index (Phi) is 9.85. The highest BCUT2D eigenvalue weighted by Crippen LogP contribution is 2.18. The number of benzene rings is 1. The van der Waals surface area contributed by atoms with E-state index >= 15 is 0 Å². The molecule has 0 N–H and O–H groups in total. The third-order valence-electron chi connectivity index (χ3n) is 3.69. The lowest BCUT2D eigenvalue weighted by molar-refractivity contribution is -0.0365. The molecule has 0 amide bonds. The number of ether oxygens (including phenoxy) is 2. The fraction of sp³-hybridized carbons (Fsp3) is 0.550. The van der Waals surface area contributed by atoms with E-state index in [0.29, 0.717) is 5.56 Å². The Morgan fingerprint density at radius 1 is 1.09 bits per heavy atom. The fourth-order valence-electron chi connectivity index (χ4n) is 2.33. The molecule has 128 valence electrons. The molecule has 0 saturated carbocycles. The number of ketones is 1. The summed E-state index contributed by atoms with van der Waals surface area (Å²) in [6.07, 6.45) is 11.6. The first-order valence-corrected chi connectivity index (χ1v) is 8.71. The van der Waals surface area contributed by atoms with Gasteiger partial charge in [0, 0.05) is 12.0 Å². The van der Waals surface area contributed by atoms with Gasteiger partial charge in [0.25, 0.3) is 0 Å². The summed E-state index contributed by atoms with van der Waals surface area (Å²) in [5.74, 6) is 0.792. The molecule has 3 heteroatoms. The lowest BCUT2D eigenvalue weighted by Crippen LogP contribution is -2.18. The summed E-state index contributed by atoms with van der Waals surface area (Å²) in [6.45, 7) is 5.71. The SMILES string of the molecule is C/C=C\OC(CCCCCCCC)Oc1ccc(C(C)=O)cc1. The second-order valence-electron chi connectivity index (χ2n) is 5.79. The minimum absolute atomic E-state index is 0.0605. The molecule has 0 aliphatic heterocycles. The predicted molar refractivity (Wildman–Crippen MR) is 94.8 cm³/mol. The first-order chi connectivity index (χ1) is 11.2. The van der Waals surface area contributed by atoms with Gasteiger partial charge in [-0.05, 0) is 44.5 Å². The van der Waals surface area contributed by atoms with E-state index in [2.05, 4.69) is 6.92 Å². The van der Waals surface area contributed by atoms with E-state index in [1.54, 1.807) is 25.3 Å². The van der Waals surface area contributed by atoms with Crippen LogP contribution in [0.3, 0.4) is 0 Å². The second-order valence-corrected chi connectivity index (χ2v) is 5.79. The maximum absolute atomic E-state index is 11.3. The van der Waals surface area contributed by atoms with Gasteiger partial charge in [0.05, 0.1) is 6.26 Å². The highest BCUT2D eigenvalue weighted by Gasteiger charge is 2.10. The van der Waals surface area contributed by atoms with Crippen LogP contribution in [0.1, 0.15) is 76.1 Å². The quantitative estimate of drug-likeness (QED) is 0.208. The molecule has 0 saturated heterocycles. The molecule has 0 heterocycles. The van der Waals surface area contributed by atoms with Gasteiger partial charge in [-0.15, -0.1) is 0 Å². The Labute approximate surface area is 140 Å². The number of Topliss-reactive ketones (excluding diaryl/α,β-unsaturated/α-hetero) is 1. The van der Waals surface area contributed by atoms with Gasteiger partial charge in [-0.3, -0.25) is 4.79 Å². The van der Waals surface area contributed by atoms with Crippen LogP contribution >= 0.6 is 0 Å². The summed E-state index contributed by atoms with van der Waals surface area (Å²) in [5, 5.41) is 0. The molecule has 0 bridgehead atoms. The molecular weight excluding hydrogens is 288 g/mol. The first-order valence-electron chi connectivity index (χ1n) is 8.71. The third-order valence-corrected chi connectivity index (χ3v) is 3.69. The number of hydrogen-bond acceptors (Lipinski definition) is 3. The molecule has 23 heavy (non-hydrogen) atoms. The maximum Gasteiger partial charge on any atom is 0.240 e. The lowest BCUT2D eigenvalue weighted by Gasteiger charge is -2.18. The van der Waals surface area contributed by atoms with Gasteiger partial charge in [0.1, 0.15) is 5.75 Å². The summed E-state index contributed by atoms with van der Waals surface area (Å²) in [6, 6.07) is 7.22. The van der Waals surface area contributed by atoms with Gasteiger partial charge in [0.2, 0.25) is 6.29 Å². The number of allylic oxidation sites excluding steroid dienone is 1. The Morgan fingerprint density at radius 3 is 2.35 bits per heavy atom. The van der Waals surface area contributed by atoms with E-state index in [0.717, 1.165) is 18.6 Å². The number of carbonyl (C=O) groups excluding carboxylic acids is 1. The van der Waals surface area contributed by atoms with Crippen molar-refractivity contribution in [3.8, 4) is 5.75 Å². The molecule has 1 atom stereocenters. The van der Waals surface area contributed by atoms with Crippen LogP contribution in [0.5, 0.6) is 5.75 Å². The van der Waals surface area contributed by atoms with Crippen molar-refractivity contribution in [1.82, 2.24) is 0 Å². The minimum Gasteiger partial charge on any atom is -0.463 e. The Hall–Kier alpha value is -1.77.